The van der Waals surface area contributed by atoms with Crippen LogP contribution in [-0.4, -0.2) is 27.2 Å². The van der Waals surface area contributed by atoms with Crippen molar-refractivity contribution in [2.24, 2.45) is 0 Å². The normalized spacial score (nSPS) is 14.2. The van der Waals surface area contributed by atoms with Crippen LogP contribution in [0.4, 0.5) is 4.39 Å². The summed E-state index contributed by atoms with van der Waals surface area (Å²) in [6.45, 7) is 1.42. The third-order valence-electron chi connectivity index (χ3n) is 2.42. The topological polar surface area (TPSA) is 57.5 Å². The summed E-state index contributed by atoms with van der Waals surface area (Å²) in [6, 6.07) is 2.03. The first-order chi connectivity index (χ1) is 8.82. The lowest BCUT2D eigenvalue weighted by Gasteiger charge is -2.20. The van der Waals surface area contributed by atoms with Crippen molar-refractivity contribution < 1.29 is 19.4 Å². The molecule has 1 rings (SSSR count). The van der Waals surface area contributed by atoms with Gasteiger partial charge in [0, 0.05) is 18.2 Å². The number of aliphatic hydroxyl groups excluding tert-OH is 2. The van der Waals surface area contributed by atoms with Crippen LogP contribution in [0.3, 0.4) is 0 Å². The summed E-state index contributed by atoms with van der Waals surface area (Å²) in [7, 11) is 0. The van der Waals surface area contributed by atoms with E-state index >= 15 is 0 Å². The third kappa shape index (κ3) is 4.93. The first-order valence-corrected chi connectivity index (χ1v) is 7.21. The number of aliphatic hydroxyl groups is 2. The Bertz CT molecular complexity index is 447. The second-order valence-electron chi connectivity index (χ2n) is 3.92. The molecule has 0 heterocycles. The van der Waals surface area contributed by atoms with Gasteiger partial charge in [0.2, 0.25) is 0 Å². The van der Waals surface area contributed by atoms with Crippen LogP contribution in [0.15, 0.2) is 12.1 Å². The van der Waals surface area contributed by atoms with Gasteiger partial charge in [0.15, 0.2) is 5.12 Å². The summed E-state index contributed by atoms with van der Waals surface area (Å²) in [5.41, 5.74) is 0.0880. The highest BCUT2D eigenvalue weighted by Crippen LogP contribution is 2.34. The van der Waals surface area contributed by atoms with Gasteiger partial charge in [-0.3, -0.25) is 4.79 Å². The first kappa shape index (κ1) is 16.7. The number of hydrogen-bond acceptors (Lipinski definition) is 4. The molecule has 1 aromatic rings. The van der Waals surface area contributed by atoms with Gasteiger partial charge in [0.05, 0.1) is 16.1 Å². The van der Waals surface area contributed by atoms with E-state index in [1.165, 1.54) is 6.92 Å². The van der Waals surface area contributed by atoms with Crippen molar-refractivity contribution >= 4 is 40.1 Å². The SMILES string of the molecule is CC(=O)SCCC(O)C(O)c1c(Cl)cc(F)cc1Cl. The predicted octanol–water partition coefficient (Wildman–Crippen LogP) is 3.20. The number of rotatable bonds is 5. The zero-order valence-electron chi connectivity index (χ0n) is 10.1. The minimum Gasteiger partial charge on any atom is -0.390 e. The van der Waals surface area contributed by atoms with Gasteiger partial charge in [-0.05, 0) is 18.6 Å². The largest absolute Gasteiger partial charge is 0.390 e. The fourth-order valence-electron chi connectivity index (χ4n) is 1.51. The van der Waals surface area contributed by atoms with Gasteiger partial charge in [-0.15, -0.1) is 0 Å². The lowest BCUT2D eigenvalue weighted by molar-refractivity contribution is -0.109. The molecule has 0 aromatic heterocycles. The molecule has 0 saturated carbocycles. The van der Waals surface area contributed by atoms with E-state index in [9.17, 15) is 19.4 Å². The van der Waals surface area contributed by atoms with Gasteiger partial charge in [-0.2, -0.15) is 0 Å². The molecule has 0 bridgehead atoms. The van der Waals surface area contributed by atoms with Crippen LogP contribution in [0.1, 0.15) is 25.0 Å². The summed E-state index contributed by atoms with van der Waals surface area (Å²) in [6.07, 6.45) is -2.27. The van der Waals surface area contributed by atoms with Crippen LogP contribution in [0.25, 0.3) is 0 Å². The Morgan fingerprint density at radius 3 is 2.37 bits per heavy atom. The molecule has 1 aromatic carbocycles. The van der Waals surface area contributed by atoms with Gasteiger partial charge in [0.1, 0.15) is 11.9 Å². The van der Waals surface area contributed by atoms with Crippen LogP contribution in [0.2, 0.25) is 10.0 Å². The average molecular weight is 327 g/mol. The number of halogens is 3. The maximum absolute atomic E-state index is 13.0. The van der Waals surface area contributed by atoms with E-state index in [1.807, 2.05) is 0 Å². The quantitative estimate of drug-likeness (QED) is 0.872. The number of carbonyl (C=O) groups is 1. The minimum atomic E-state index is -1.33. The summed E-state index contributed by atoms with van der Waals surface area (Å²) >= 11 is 12.7. The van der Waals surface area contributed by atoms with Crippen molar-refractivity contribution in [3.63, 3.8) is 0 Å². The Hall–Kier alpha value is -0.330. The zero-order valence-corrected chi connectivity index (χ0v) is 12.4. The van der Waals surface area contributed by atoms with Crippen molar-refractivity contribution in [1.29, 1.82) is 0 Å². The second kappa shape index (κ2) is 7.45. The number of benzene rings is 1. The molecule has 0 fully saturated rings. The molecule has 2 atom stereocenters. The first-order valence-electron chi connectivity index (χ1n) is 5.47. The Morgan fingerprint density at radius 1 is 1.37 bits per heavy atom. The van der Waals surface area contributed by atoms with Crippen LogP contribution >= 0.6 is 35.0 Å². The molecule has 2 N–H and O–H groups in total. The zero-order chi connectivity index (χ0) is 14.6. The fraction of sp³-hybridized carbons (Fsp3) is 0.417. The molecule has 0 amide bonds. The fourth-order valence-corrected chi connectivity index (χ4v) is 2.84. The van der Waals surface area contributed by atoms with E-state index in [-0.39, 0.29) is 27.1 Å². The highest BCUT2D eigenvalue weighted by Gasteiger charge is 2.24. The van der Waals surface area contributed by atoms with Gasteiger partial charge >= 0.3 is 0 Å². The summed E-state index contributed by atoms with van der Waals surface area (Å²) < 4.78 is 13.0. The van der Waals surface area contributed by atoms with Crippen molar-refractivity contribution in [2.45, 2.75) is 25.6 Å². The predicted molar refractivity (Wildman–Crippen MR) is 75.1 cm³/mol. The number of hydrogen-bond donors (Lipinski definition) is 2. The van der Waals surface area contributed by atoms with E-state index in [1.54, 1.807) is 0 Å². The van der Waals surface area contributed by atoms with E-state index in [4.69, 9.17) is 23.2 Å². The molecule has 2 unspecified atom stereocenters. The average Bonchev–Trinajstić information content (AvgIpc) is 2.26. The molecule has 0 spiro atoms. The maximum atomic E-state index is 13.0. The lowest BCUT2D eigenvalue weighted by atomic mass is 10.0. The van der Waals surface area contributed by atoms with Crippen molar-refractivity contribution in [3.05, 3.63) is 33.6 Å². The summed E-state index contributed by atoms with van der Waals surface area (Å²) in [4.78, 5) is 10.7. The summed E-state index contributed by atoms with van der Waals surface area (Å²) in [5, 5.41) is 19.6. The standard InChI is InChI=1S/C12H13Cl2FO3S/c1-6(16)19-3-2-10(17)12(18)11-8(13)4-7(15)5-9(11)14/h4-5,10,12,17-18H,2-3H2,1H3. The number of thioether (sulfide) groups is 1. The minimum absolute atomic E-state index is 0.0456. The van der Waals surface area contributed by atoms with E-state index in [0.29, 0.717) is 5.75 Å². The monoisotopic (exact) mass is 326 g/mol. The summed E-state index contributed by atoms with van der Waals surface area (Å²) in [5.74, 6) is -0.253. The van der Waals surface area contributed by atoms with Crippen LogP contribution in [0, 0.1) is 5.82 Å². The van der Waals surface area contributed by atoms with Gasteiger partial charge < -0.3 is 10.2 Å². The molecular weight excluding hydrogens is 314 g/mol. The maximum Gasteiger partial charge on any atom is 0.185 e. The Kier molecular flexibility index (Phi) is 6.56. The van der Waals surface area contributed by atoms with Crippen LogP contribution in [0.5, 0.6) is 0 Å². The Morgan fingerprint density at radius 2 is 1.89 bits per heavy atom. The van der Waals surface area contributed by atoms with Gasteiger partial charge in [0.25, 0.3) is 0 Å². The Balaban J connectivity index is 2.76. The Labute approximate surface area is 124 Å². The molecule has 0 saturated heterocycles. The van der Waals surface area contributed by atoms with Crippen molar-refractivity contribution in [1.82, 2.24) is 0 Å². The van der Waals surface area contributed by atoms with Crippen molar-refractivity contribution in [3.8, 4) is 0 Å². The van der Waals surface area contributed by atoms with Gasteiger partial charge in [-0.25, -0.2) is 4.39 Å². The molecule has 0 aliphatic rings. The molecule has 19 heavy (non-hydrogen) atoms. The lowest BCUT2D eigenvalue weighted by Crippen LogP contribution is -2.20. The highest BCUT2D eigenvalue weighted by molar-refractivity contribution is 8.13. The molecule has 0 aliphatic carbocycles. The smallest absolute Gasteiger partial charge is 0.185 e. The van der Waals surface area contributed by atoms with E-state index in [0.717, 1.165) is 23.9 Å². The highest BCUT2D eigenvalue weighted by atomic mass is 35.5. The van der Waals surface area contributed by atoms with Crippen LogP contribution in [-0.2, 0) is 4.79 Å². The molecule has 0 radical (unpaired) electrons. The molecule has 0 aliphatic heterocycles. The molecular formula is C12H13Cl2FO3S. The molecule has 7 heteroatoms. The molecule has 106 valence electrons. The van der Waals surface area contributed by atoms with E-state index in [2.05, 4.69) is 0 Å². The second-order valence-corrected chi connectivity index (χ2v) is 6.01. The molecule has 3 nitrogen and oxygen atoms in total. The van der Waals surface area contributed by atoms with Gasteiger partial charge in [-0.1, -0.05) is 35.0 Å². The van der Waals surface area contributed by atoms with Crippen LogP contribution < -0.4 is 0 Å². The number of carbonyl (C=O) groups excluding carboxylic acids is 1. The van der Waals surface area contributed by atoms with Crippen molar-refractivity contribution in [2.75, 3.05) is 5.75 Å². The third-order valence-corrected chi connectivity index (χ3v) is 3.89. The van der Waals surface area contributed by atoms with E-state index < -0.39 is 18.0 Å².